The number of carbonyl (C=O) groups is 2. The van der Waals surface area contributed by atoms with Gasteiger partial charge in [-0.2, -0.15) is 0 Å². The van der Waals surface area contributed by atoms with Crippen molar-refractivity contribution in [1.82, 2.24) is 0 Å². The molecular weight excluding hydrogens is 471 g/mol. The largest absolute Gasteiger partial charge is 0.466 e. The molecule has 0 atom stereocenters. The highest BCUT2D eigenvalue weighted by Crippen LogP contribution is 2.21. The van der Waals surface area contributed by atoms with Crippen molar-refractivity contribution in [2.45, 2.75) is 116 Å². The maximum Gasteiger partial charge on any atom is 0.305 e. The fourth-order valence-electron chi connectivity index (χ4n) is 3.81. The minimum Gasteiger partial charge on any atom is -0.466 e. The summed E-state index contributed by atoms with van der Waals surface area (Å²) >= 11 is 12.0. The van der Waals surface area contributed by atoms with E-state index >= 15 is 0 Å². The molecule has 0 saturated carbocycles. The van der Waals surface area contributed by atoms with E-state index in [1.54, 1.807) is 12.1 Å². The van der Waals surface area contributed by atoms with Crippen LogP contribution in [-0.2, 0) is 25.5 Å². The molecule has 1 aromatic rings. The molecule has 34 heavy (non-hydrogen) atoms. The lowest BCUT2D eigenvalue weighted by Crippen LogP contribution is -2.07. The van der Waals surface area contributed by atoms with Gasteiger partial charge in [-0.1, -0.05) is 107 Å². The predicted octanol–water partition coefficient (Wildman–Crippen LogP) is 8.88. The maximum absolute atomic E-state index is 11.9. The lowest BCUT2D eigenvalue weighted by molar-refractivity contribution is -0.144. The summed E-state index contributed by atoms with van der Waals surface area (Å²) in [6, 6.07) is 5.34. The van der Waals surface area contributed by atoms with Gasteiger partial charge in [0, 0.05) is 29.3 Å². The molecule has 0 aliphatic rings. The number of esters is 2. The van der Waals surface area contributed by atoms with E-state index in [4.69, 9.17) is 32.7 Å². The summed E-state index contributed by atoms with van der Waals surface area (Å²) in [6.07, 6.45) is 17.4. The number of ether oxygens (including phenoxy) is 2. The highest BCUT2D eigenvalue weighted by atomic mass is 35.5. The third-order valence-electron chi connectivity index (χ3n) is 5.92. The van der Waals surface area contributed by atoms with Gasteiger partial charge in [-0.25, -0.2) is 0 Å². The van der Waals surface area contributed by atoms with Crippen molar-refractivity contribution in [3.63, 3.8) is 0 Å². The Morgan fingerprint density at radius 2 is 1.18 bits per heavy atom. The number of hydrogen-bond donors (Lipinski definition) is 0. The molecule has 4 nitrogen and oxygen atoms in total. The van der Waals surface area contributed by atoms with Crippen molar-refractivity contribution in [3.8, 4) is 0 Å². The Morgan fingerprint density at radius 1 is 0.676 bits per heavy atom. The van der Waals surface area contributed by atoms with E-state index in [1.807, 2.05) is 6.07 Å². The van der Waals surface area contributed by atoms with Crippen molar-refractivity contribution in [2.24, 2.45) is 0 Å². The monoisotopic (exact) mass is 514 g/mol. The maximum atomic E-state index is 11.9. The van der Waals surface area contributed by atoms with Gasteiger partial charge in [-0.3, -0.25) is 9.59 Å². The summed E-state index contributed by atoms with van der Waals surface area (Å²) in [5.41, 5.74) is 0.927. The first-order valence-electron chi connectivity index (χ1n) is 13.3. The van der Waals surface area contributed by atoms with Gasteiger partial charge in [-0.05, 0) is 37.0 Å². The van der Waals surface area contributed by atoms with Crippen LogP contribution in [0, 0.1) is 0 Å². The fraction of sp³-hybridized carbons (Fsp3) is 0.714. The van der Waals surface area contributed by atoms with Crippen LogP contribution in [0.2, 0.25) is 10.0 Å². The molecule has 0 radical (unpaired) electrons. The minimum absolute atomic E-state index is 0.0643. The molecule has 0 unspecified atom stereocenters. The summed E-state index contributed by atoms with van der Waals surface area (Å²) in [7, 11) is 0. The van der Waals surface area contributed by atoms with Crippen molar-refractivity contribution < 1.29 is 19.1 Å². The van der Waals surface area contributed by atoms with E-state index in [-0.39, 0.29) is 11.9 Å². The number of halogens is 2. The molecule has 0 saturated heterocycles. The van der Waals surface area contributed by atoms with Crippen LogP contribution in [0.1, 0.15) is 115 Å². The first-order valence-corrected chi connectivity index (χ1v) is 14.0. The number of carbonyl (C=O) groups excluding carboxylic acids is 2. The van der Waals surface area contributed by atoms with Crippen LogP contribution < -0.4 is 0 Å². The molecule has 0 aromatic heterocycles. The summed E-state index contributed by atoms with van der Waals surface area (Å²) in [5, 5.41) is 1.19. The molecule has 194 valence electrons. The zero-order valence-corrected chi connectivity index (χ0v) is 22.6. The van der Waals surface area contributed by atoms with Crippen LogP contribution in [0.3, 0.4) is 0 Å². The van der Waals surface area contributed by atoms with E-state index in [0.717, 1.165) is 56.9 Å². The van der Waals surface area contributed by atoms with Gasteiger partial charge in [-0.15, -0.1) is 0 Å². The number of rotatable bonds is 21. The average molecular weight is 516 g/mol. The first kappa shape index (κ1) is 30.8. The molecule has 0 aliphatic carbocycles. The highest BCUT2D eigenvalue weighted by Gasteiger charge is 2.06. The Kier molecular flexibility index (Phi) is 19.1. The molecule has 0 spiro atoms. The van der Waals surface area contributed by atoms with Crippen LogP contribution in [0.25, 0.3) is 0 Å². The molecule has 0 fully saturated rings. The van der Waals surface area contributed by atoms with Crippen molar-refractivity contribution in [3.05, 3.63) is 33.8 Å². The Morgan fingerprint density at radius 3 is 1.74 bits per heavy atom. The molecule has 0 aliphatic heterocycles. The van der Waals surface area contributed by atoms with Gasteiger partial charge in [0.1, 0.15) is 0 Å². The van der Waals surface area contributed by atoms with Gasteiger partial charge < -0.3 is 9.47 Å². The average Bonchev–Trinajstić information content (AvgIpc) is 2.81. The highest BCUT2D eigenvalue weighted by molar-refractivity contribution is 6.35. The Balaban J connectivity index is 1.86. The van der Waals surface area contributed by atoms with Crippen LogP contribution in [0.5, 0.6) is 0 Å². The van der Waals surface area contributed by atoms with Gasteiger partial charge in [0.15, 0.2) is 0 Å². The van der Waals surface area contributed by atoms with Crippen LogP contribution in [0.4, 0.5) is 0 Å². The smallest absolute Gasteiger partial charge is 0.305 e. The van der Waals surface area contributed by atoms with Gasteiger partial charge >= 0.3 is 11.9 Å². The topological polar surface area (TPSA) is 52.6 Å². The lowest BCUT2D eigenvalue weighted by atomic mass is 10.1. The normalized spacial score (nSPS) is 10.9. The summed E-state index contributed by atoms with van der Waals surface area (Å²) < 4.78 is 10.6. The summed E-state index contributed by atoms with van der Waals surface area (Å²) in [4.78, 5) is 23.6. The molecule has 1 aromatic carbocycles. The Hall–Kier alpha value is -1.26. The summed E-state index contributed by atoms with van der Waals surface area (Å²) in [5.74, 6) is -0.227. The van der Waals surface area contributed by atoms with E-state index in [0.29, 0.717) is 42.5 Å². The van der Waals surface area contributed by atoms with Crippen LogP contribution >= 0.6 is 23.2 Å². The van der Waals surface area contributed by atoms with Crippen molar-refractivity contribution in [2.75, 3.05) is 13.2 Å². The van der Waals surface area contributed by atoms with E-state index in [2.05, 4.69) is 6.92 Å². The fourth-order valence-corrected chi connectivity index (χ4v) is 4.31. The Labute approximate surface area is 217 Å². The third kappa shape index (κ3) is 17.2. The molecule has 1 rings (SSSR count). The van der Waals surface area contributed by atoms with Crippen LogP contribution in [-0.4, -0.2) is 25.2 Å². The van der Waals surface area contributed by atoms with Crippen molar-refractivity contribution >= 4 is 35.1 Å². The second kappa shape index (κ2) is 21.1. The van der Waals surface area contributed by atoms with E-state index < -0.39 is 0 Å². The Bertz CT molecular complexity index is 678. The number of benzene rings is 1. The zero-order valence-electron chi connectivity index (χ0n) is 21.1. The van der Waals surface area contributed by atoms with Crippen molar-refractivity contribution in [1.29, 1.82) is 0 Å². The molecule has 0 N–H and O–H groups in total. The number of hydrogen-bond acceptors (Lipinski definition) is 4. The second-order valence-corrected chi connectivity index (χ2v) is 9.87. The van der Waals surface area contributed by atoms with Gasteiger partial charge in [0.25, 0.3) is 0 Å². The SMILES string of the molecule is CCCCCCCCCCOC(=O)CCCCCCCCC(=O)OCCc1ccc(Cl)cc1Cl. The second-order valence-electron chi connectivity index (χ2n) is 9.02. The quantitative estimate of drug-likeness (QED) is 0.121. The van der Waals surface area contributed by atoms with Crippen LogP contribution in [0.15, 0.2) is 18.2 Å². The molecule has 6 heteroatoms. The number of unbranched alkanes of at least 4 members (excludes halogenated alkanes) is 12. The minimum atomic E-state index is -0.163. The summed E-state index contributed by atoms with van der Waals surface area (Å²) in [6.45, 7) is 3.13. The lowest BCUT2D eigenvalue weighted by Gasteiger charge is -2.07. The van der Waals surface area contributed by atoms with Gasteiger partial charge in [0.2, 0.25) is 0 Å². The molecular formula is C28H44Cl2O4. The predicted molar refractivity (Wildman–Crippen MR) is 142 cm³/mol. The third-order valence-corrected chi connectivity index (χ3v) is 6.51. The standard InChI is InChI=1S/C28H44Cl2O4/c1-2-3-4-5-6-9-12-15-21-33-27(31)16-13-10-7-8-11-14-17-28(32)34-22-20-24-18-19-25(29)23-26(24)30/h18-19,23H,2-17,20-22H2,1H3. The zero-order chi connectivity index (χ0) is 24.9. The van der Waals surface area contributed by atoms with E-state index in [1.165, 1.54) is 38.5 Å². The van der Waals surface area contributed by atoms with E-state index in [9.17, 15) is 9.59 Å². The molecule has 0 heterocycles. The molecule has 0 amide bonds. The first-order chi connectivity index (χ1) is 16.5. The molecule has 0 bridgehead atoms. The van der Waals surface area contributed by atoms with Gasteiger partial charge in [0.05, 0.1) is 13.2 Å².